The van der Waals surface area contributed by atoms with Gasteiger partial charge in [-0.1, -0.05) is 44.7 Å². The van der Waals surface area contributed by atoms with E-state index < -0.39 is 0 Å². The molecule has 3 N–H and O–H groups in total. The molecule has 1 heterocycles. The van der Waals surface area contributed by atoms with E-state index in [2.05, 4.69) is 15.5 Å². The first kappa shape index (κ1) is 17.3. The van der Waals surface area contributed by atoms with Gasteiger partial charge in [0.2, 0.25) is 11.1 Å². The molecule has 2 aromatic rings. The van der Waals surface area contributed by atoms with Gasteiger partial charge in [-0.25, -0.2) is 4.68 Å². The van der Waals surface area contributed by atoms with Crippen molar-refractivity contribution in [1.29, 1.82) is 0 Å². The van der Waals surface area contributed by atoms with E-state index in [-0.39, 0.29) is 17.1 Å². The molecule has 6 nitrogen and oxygen atoms in total. The minimum absolute atomic E-state index is 0.0935. The molecule has 0 spiro atoms. The lowest BCUT2D eigenvalue weighted by Gasteiger charge is -2.16. The first-order valence-electron chi connectivity index (χ1n) is 7.39. The number of nitrogen functional groups attached to an aromatic ring is 1. The summed E-state index contributed by atoms with van der Waals surface area (Å²) in [7, 11) is 0. The number of hydrogen-bond donors (Lipinski definition) is 2. The number of carbonyl (C=O) groups excluding carboxylic acids is 1. The molecule has 1 aromatic carbocycles. The van der Waals surface area contributed by atoms with Crippen molar-refractivity contribution in [2.45, 2.75) is 45.2 Å². The lowest BCUT2D eigenvalue weighted by molar-refractivity contribution is -0.113. The Labute approximate surface area is 140 Å². The fourth-order valence-corrected chi connectivity index (χ4v) is 2.73. The molecule has 7 heteroatoms. The molecule has 0 unspecified atom stereocenters. The van der Waals surface area contributed by atoms with Gasteiger partial charge in [-0.3, -0.25) is 4.79 Å². The summed E-state index contributed by atoms with van der Waals surface area (Å²) in [6, 6.07) is 5.97. The molecule has 0 aliphatic rings. The van der Waals surface area contributed by atoms with Crippen molar-refractivity contribution in [3.8, 4) is 0 Å². The van der Waals surface area contributed by atoms with Gasteiger partial charge in [-0.2, -0.15) is 0 Å². The Balaban J connectivity index is 2.00. The van der Waals surface area contributed by atoms with Gasteiger partial charge in [0.15, 0.2) is 5.82 Å². The molecule has 0 bridgehead atoms. The van der Waals surface area contributed by atoms with E-state index in [0.717, 1.165) is 16.8 Å². The van der Waals surface area contributed by atoms with Crippen LogP contribution in [0, 0.1) is 13.8 Å². The van der Waals surface area contributed by atoms with Gasteiger partial charge in [-0.15, -0.1) is 10.2 Å². The smallest absolute Gasteiger partial charge is 0.234 e. The highest BCUT2D eigenvalue weighted by atomic mass is 32.2. The summed E-state index contributed by atoms with van der Waals surface area (Å²) in [5, 5.41) is 11.6. The third kappa shape index (κ3) is 4.25. The van der Waals surface area contributed by atoms with Crippen LogP contribution < -0.4 is 11.2 Å². The van der Waals surface area contributed by atoms with Gasteiger partial charge in [0, 0.05) is 11.1 Å². The number of amides is 1. The minimum atomic E-state index is -0.193. The maximum absolute atomic E-state index is 12.1. The monoisotopic (exact) mass is 333 g/mol. The quantitative estimate of drug-likeness (QED) is 0.663. The van der Waals surface area contributed by atoms with Crippen molar-refractivity contribution < 1.29 is 4.79 Å². The molecule has 0 saturated carbocycles. The highest BCUT2D eigenvalue weighted by Gasteiger charge is 2.23. The Morgan fingerprint density at radius 1 is 1.30 bits per heavy atom. The van der Waals surface area contributed by atoms with Gasteiger partial charge in [-0.05, 0) is 31.0 Å². The van der Waals surface area contributed by atoms with Crippen molar-refractivity contribution in [1.82, 2.24) is 14.9 Å². The maximum atomic E-state index is 12.1. The molecule has 0 atom stereocenters. The zero-order chi connectivity index (χ0) is 17.2. The number of thioether (sulfide) groups is 1. The highest BCUT2D eigenvalue weighted by Crippen LogP contribution is 2.23. The molecule has 0 saturated heterocycles. The van der Waals surface area contributed by atoms with Crippen LogP contribution >= 0.6 is 11.8 Å². The molecule has 0 aliphatic heterocycles. The van der Waals surface area contributed by atoms with Crippen LogP contribution in [-0.4, -0.2) is 26.5 Å². The molecular formula is C16H23N5OS. The van der Waals surface area contributed by atoms with Crippen molar-refractivity contribution in [3.63, 3.8) is 0 Å². The summed E-state index contributed by atoms with van der Waals surface area (Å²) in [5.74, 6) is 6.84. The number of benzene rings is 1. The van der Waals surface area contributed by atoms with Crippen LogP contribution in [0.4, 0.5) is 5.69 Å². The van der Waals surface area contributed by atoms with Gasteiger partial charge in [0.1, 0.15) is 0 Å². The van der Waals surface area contributed by atoms with Crippen molar-refractivity contribution in [2.75, 3.05) is 16.9 Å². The Hall–Kier alpha value is -2.02. The average Bonchev–Trinajstić information content (AvgIpc) is 2.82. The highest BCUT2D eigenvalue weighted by molar-refractivity contribution is 7.99. The number of rotatable bonds is 4. The summed E-state index contributed by atoms with van der Waals surface area (Å²) in [4.78, 5) is 12.1. The first-order valence-corrected chi connectivity index (χ1v) is 8.38. The Morgan fingerprint density at radius 3 is 2.61 bits per heavy atom. The number of nitrogens with zero attached hydrogens (tertiary/aromatic N) is 3. The summed E-state index contributed by atoms with van der Waals surface area (Å²) in [6.45, 7) is 10.0. The van der Waals surface area contributed by atoms with Crippen molar-refractivity contribution in [2.24, 2.45) is 0 Å². The number of nitrogens with two attached hydrogens (primary N) is 1. The van der Waals surface area contributed by atoms with Gasteiger partial charge in [0.25, 0.3) is 0 Å². The van der Waals surface area contributed by atoms with E-state index in [9.17, 15) is 4.79 Å². The lowest BCUT2D eigenvalue weighted by Crippen LogP contribution is -2.24. The average molecular weight is 333 g/mol. The van der Waals surface area contributed by atoms with Gasteiger partial charge < -0.3 is 11.2 Å². The standard InChI is InChI=1S/C16H23N5OS/c1-10-6-7-11(2)12(8-10)18-13(22)9-23-15-20-19-14(21(15)17)16(3,4)5/h6-8H,9,17H2,1-5H3,(H,18,22). The SMILES string of the molecule is Cc1ccc(C)c(NC(=O)CSc2nnc(C(C)(C)C)n2N)c1. The van der Waals surface area contributed by atoms with Crippen molar-refractivity contribution in [3.05, 3.63) is 35.2 Å². The van der Waals surface area contributed by atoms with Crippen molar-refractivity contribution >= 4 is 23.4 Å². The predicted octanol–water partition coefficient (Wildman–Crippen LogP) is 2.64. The molecule has 0 radical (unpaired) electrons. The zero-order valence-corrected chi connectivity index (χ0v) is 15.0. The molecule has 0 aliphatic carbocycles. The lowest BCUT2D eigenvalue weighted by atomic mass is 9.96. The van der Waals surface area contributed by atoms with Crippen LogP contribution in [0.2, 0.25) is 0 Å². The van der Waals surface area contributed by atoms with E-state index >= 15 is 0 Å². The number of nitrogens with one attached hydrogen (secondary N) is 1. The second-order valence-electron chi connectivity index (χ2n) is 6.58. The molecule has 1 amide bonds. The number of anilines is 1. The summed E-state index contributed by atoms with van der Waals surface area (Å²) < 4.78 is 1.45. The number of aromatic nitrogens is 3. The molecule has 23 heavy (non-hydrogen) atoms. The van der Waals surface area contributed by atoms with E-state index in [1.54, 1.807) is 0 Å². The predicted molar refractivity (Wildman–Crippen MR) is 94.1 cm³/mol. The Bertz CT molecular complexity index is 718. The molecular weight excluding hydrogens is 310 g/mol. The number of carbonyl (C=O) groups is 1. The normalized spacial score (nSPS) is 11.5. The second kappa shape index (κ2) is 6.62. The summed E-state index contributed by atoms with van der Waals surface area (Å²) >= 11 is 1.27. The molecule has 1 aromatic heterocycles. The van der Waals surface area contributed by atoms with Crippen LogP contribution in [0.5, 0.6) is 0 Å². The zero-order valence-electron chi connectivity index (χ0n) is 14.2. The Morgan fingerprint density at radius 2 is 2.00 bits per heavy atom. The fourth-order valence-electron chi connectivity index (χ4n) is 2.07. The number of aryl methyl sites for hydroxylation is 2. The summed E-state index contributed by atoms with van der Waals surface area (Å²) in [5.41, 5.74) is 2.78. The third-order valence-electron chi connectivity index (χ3n) is 3.33. The van der Waals surface area contributed by atoms with Crippen LogP contribution in [0.25, 0.3) is 0 Å². The molecule has 124 valence electrons. The fraction of sp³-hybridized carbons (Fsp3) is 0.438. The van der Waals surface area contributed by atoms with Crippen LogP contribution in [0.15, 0.2) is 23.4 Å². The van der Waals surface area contributed by atoms with E-state index in [1.807, 2.05) is 52.8 Å². The third-order valence-corrected chi connectivity index (χ3v) is 4.28. The second-order valence-corrected chi connectivity index (χ2v) is 7.52. The molecule has 2 rings (SSSR count). The van der Waals surface area contributed by atoms with E-state index in [0.29, 0.717) is 11.0 Å². The van der Waals surface area contributed by atoms with Crippen LogP contribution in [0.1, 0.15) is 37.7 Å². The molecule has 0 fully saturated rings. The van der Waals surface area contributed by atoms with Crippen LogP contribution in [-0.2, 0) is 10.2 Å². The maximum Gasteiger partial charge on any atom is 0.234 e. The minimum Gasteiger partial charge on any atom is -0.336 e. The largest absolute Gasteiger partial charge is 0.336 e. The number of hydrogen-bond acceptors (Lipinski definition) is 5. The van der Waals surface area contributed by atoms with E-state index in [1.165, 1.54) is 16.4 Å². The van der Waals surface area contributed by atoms with Gasteiger partial charge >= 0.3 is 0 Å². The Kier molecular flexibility index (Phi) is 4.99. The summed E-state index contributed by atoms with van der Waals surface area (Å²) in [6.07, 6.45) is 0. The van der Waals surface area contributed by atoms with E-state index in [4.69, 9.17) is 5.84 Å². The topological polar surface area (TPSA) is 85.8 Å². The van der Waals surface area contributed by atoms with Gasteiger partial charge in [0.05, 0.1) is 5.75 Å². The van der Waals surface area contributed by atoms with Crippen LogP contribution in [0.3, 0.4) is 0 Å². The first-order chi connectivity index (χ1) is 10.7.